The lowest BCUT2D eigenvalue weighted by atomic mass is 10.2. The standard InChI is InChI=1S/C17H25ClN6.ClH/c1-13-15(16(18)23(3)21-13)12-19-11-14-5-4-6-20-17(14)24-9-7-22(2)8-10-24;/h4-6,19H,7-12H2,1-3H3;1H. The van der Waals surface area contributed by atoms with E-state index in [1.807, 2.05) is 26.2 Å². The molecule has 0 aromatic carbocycles. The lowest BCUT2D eigenvalue weighted by Gasteiger charge is -2.34. The summed E-state index contributed by atoms with van der Waals surface area (Å²) in [6, 6.07) is 4.14. The lowest BCUT2D eigenvalue weighted by Crippen LogP contribution is -2.45. The summed E-state index contributed by atoms with van der Waals surface area (Å²) in [7, 11) is 4.03. The number of piperazine rings is 1. The first-order valence-electron chi connectivity index (χ1n) is 8.32. The normalized spacial score (nSPS) is 15.3. The number of aromatic nitrogens is 3. The first kappa shape index (κ1) is 20.0. The number of anilines is 1. The first-order valence-corrected chi connectivity index (χ1v) is 8.70. The largest absolute Gasteiger partial charge is 0.354 e. The maximum Gasteiger partial charge on any atom is 0.133 e. The summed E-state index contributed by atoms with van der Waals surface area (Å²) in [5, 5.41) is 8.54. The van der Waals surface area contributed by atoms with Gasteiger partial charge in [-0.1, -0.05) is 17.7 Å². The fourth-order valence-corrected chi connectivity index (χ4v) is 3.31. The van der Waals surface area contributed by atoms with Crippen LogP contribution in [-0.4, -0.2) is 52.9 Å². The SMILES string of the molecule is Cc1nn(C)c(Cl)c1CNCc1cccnc1N1CCN(C)CC1.Cl. The number of hydrogen-bond acceptors (Lipinski definition) is 5. The smallest absolute Gasteiger partial charge is 0.133 e. The number of hydrogen-bond donors (Lipinski definition) is 1. The minimum Gasteiger partial charge on any atom is -0.354 e. The van der Waals surface area contributed by atoms with Crippen molar-refractivity contribution in [2.45, 2.75) is 20.0 Å². The molecule has 0 amide bonds. The number of aryl methyl sites for hydroxylation is 2. The third-order valence-electron chi connectivity index (χ3n) is 4.56. The molecule has 1 saturated heterocycles. The van der Waals surface area contributed by atoms with Crippen molar-refractivity contribution < 1.29 is 0 Å². The summed E-state index contributed by atoms with van der Waals surface area (Å²) in [5.74, 6) is 1.09. The van der Waals surface area contributed by atoms with E-state index in [0.717, 1.165) is 49.8 Å². The van der Waals surface area contributed by atoms with Crippen LogP contribution in [0.1, 0.15) is 16.8 Å². The zero-order valence-electron chi connectivity index (χ0n) is 15.0. The number of pyridine rings is 1. The van der Waals surface area contributed by atoms with Gasteiger partial charge in [0.05, 0.1) is 5.69 Å². The van der Waals surface area contributed by atoms with E-state index in [0.29, 0.717) is 11.7 Å². The molecule has 8 heteroatoms. The quantitative estimate of drug-likeness (QED) is 0.856. The van der Waals surface area contributed by atoms with Gasteiger partial charge in [-0.25, -0.2) is 4.98 Å². The molecule has 1 N–H and O–H groups in total. The Hall–Kier alpha value is -1.34. The van der Waals surface area contributed by atoms with Crippen LogP contribution >= 0.6 is 24.0 Å². The van der Waals surface area contributed by atoms with Crippen molar-refractivity contribution in [3.63, 3.8) is 0 Å². The van der Waals surface area contributed by atoms with Crippen molar-refractivity contribution >= 4 is 29.8 Å². The van der Waals surface area contributed by atoms with Crippen LogP contribution < -0.4 is 10.2 Å². The predicted molar refractivity (Wildman–Crippen MR) is 105 cm³/mol. The average Bonchev–Trinajstić information content (AvgIpc) is 2.82. The van der Waals surface area contributed by atoms with Gasteiger partial charge in [0.15, 0.2) is 0 Å². The molecule has 25 heavy (non-hydrogen) atoms. The summed E-state index contributed by atoms with van der Waals surface area (Å²) < 4.78 is 1.72. The molecule has 0 unspecified atom stereocenters. The van der Waals surface area contributed by atoms with Gasteiger partial charge in [0, 0.05) is 63.6 Å². The Kier molecular flexibility index (Phi) is 7.07. The van der Waals surface area contributed by atoms with Crippen molar-refractivity contribution in [3.05, 3.63) is 40.3 Å². The second-order valence-electron chi connectivity index (χ2n) is 6.36. The summed E-state index contributed by atoms with van der Waals surface area (Å²) in [6.07, 6.45) is 1.87. The van der Waals surface area contributed by atoms with Gasteiger partial charge < -0.3 is 15.1 Å². The number of rotatable bonds is 5. The van der Waals surface area contributed by atoms with E-state index in [1.165, 1.54) is 5.56 Å². The van der Waals surface area contributed by atoms with E-state index in [4.69, 9.17) is 11.6 Å². The zero-order chi connectivity index (χ0) is 17.1. The van der Waals surface area contributed by atoms with Crippen LogP contribution in [0.4, 0.5) is 5.82 Å². The van der Waals surface area contributed by atoms with Gasteiger partial charge in [-0.2, -0.15) is 5.10 Å². The molecule has 0 saturated carbocycles. The minimum absolute atomic E-state index is 0. The fourth-order valence-electron chi connectivity index (χ4n) is 3.07. The van der Waals surface area contributed by atoms with Gasteiger partial charge >= 0.3 is 0 Å². The van der Waals surface area contributed by atoms with Gasteiger partial charge in [-0.3, -0.25) is 4.68 Å². The Morgan fingerprint density at radius 1 is 1.16 bits per heavy atom. The Bertz CT molecular complexity index is 694. The second kappa shape index (κ2) is 8.85. The fraction of sp³-hybridized carbons (Fsp3) is 0.529. The van der Waals surface area contributed by atoms with E-state index in [9.17, 15) is 0 Å². The summed E-state index contributed by atoms with van der Waals surface area (Å²) >= 11 is 6.30. The Morgan fingerprint density at radius 3 is 2.52 bits per heavy atom. The van der Waals surface area contributed by atoms with Crippen molar-refractivity contribution in [2.24, 2.45) is 7.05 Å². The van der Waals surface area contributed by atoms with E-state index in [-0.39, 0.29) is 12.4 Å². The van der Waals surface area contributed by atoms with Gasteiger partial charge in [0.2, 0.25) is 0 Å². The summed E-state index contributed by atoms with van der Waals surface area (Å²) in [5.41, 5.74) is 3.25. The van der Waals surface area contributed by atoms with Crippen LogP contribution in [0.3, 0.4) is 0 Å². The molecule has 0 spiro atoms. The van der Waals surface area contributed by atoms with Crippen molar-refractivity contribution in [1.29, 1.82) is 0 Å². The minimum atomic E-state index is 0. The molecule has 0 aliphatic carbocycles. The van der Waals surface area contributed by atoms with Crippen molar-refractivity contribution in [2.75, 3.05) is 38.1 Å². The van der Waals surface area contributed by atoms with Gasteiger partial charge in [-0.05, 0) is 20.0 Å². The molecule has 1 aliphatic rings. The third kappa shape index (κ3) is 4.64. The average molecular weight is 385 g/mol. The molecular weight excluding hydrogens is 359 g/mol. The lowest BCUT2D eigenvalue weighted by molar-refractivity contribution is 0.311. The molecule has 3 heterocycles. The Morgan fingerprint density at radius 2 is 1.88 bits per heavy atom. The number of nitrogens with zero attached hydrogens (tertiary/aromatic N) is 5. The molecule has 3 rings (SSSR count). The van der Waals surface area contributed by atoms with E-state index >= 15 is 0 Å². The van der Waals surface area contributed by atoms with Crippen LogP contribution in [-0.2, 0) is 20.1 Å². The van der Waals surface area contributed by atoms with E-state index < -0.39 is 0 Å². The van der Waals surface area contributed by atoms with Crippen LogP contribution in [0.25, 0.3) is 0 Å². The van der Waals surface area contributed by atoms with Crippen LogP contribution in [0.2, 0.25) is 5.15 Å². The molecule has 2 aromatic rings. The molecule has 6 nitrogen and oxygen atoms in total. The van der Waals surface area contributed by atoms with Crippen molar-refractivity contribution in [1.82, 2.24) is 25.0 Å². The van der Waals surface area contributed by atoms with Gasteiger partial charge in [0.1, 0.15) is 11.0 Å². The highest BCUT2D eigenvalue weighted by Crippen LogP contribution is 2.20. The predicted octanol–water partition coefficient (Wildman–Crippen LogP) is 2.24. The van der Waals surface area contributed by atoms with Crippen LogP contribution in [0, 0.1) is 6.92 Å². The third-order valence-corrected chi connectivity index (χ3v) is 5.03. The molecule has 1 fully saturated rings. The van der Waals surface area contributed by atoms with Crippen LogP contribution in [0.15, 0.2) is 18.3 Å². The molecule has 138 valence electrons. The number of nitrogens with one attached hydrogen (secondary N) is 1. The maximum atomic E-state index is 6.30. The second-order valence-corrected chi connectivity index (χ2v) is 6.72. The van der Waals surface area contributed by atoms with E-state index in [2.05, 4.69) is 38.3 Å². The van der Waals surface area contributed by atoms with Gasteiger partial charge in [-0.15, -0.1) is 12.4 Å². The topological polar surface area (TPSA) is 49.2 Å². The highest BCUT2D eigenvalue weighted by molar-refractivity contribution is 6.30. The molecule has 0 atom stereocenters. The van der Waals surface area contributed by atoms with E-state index in [1.54, 1.807) is 4.68 Å². The Labute approximate surface area is 160 Å². The molecule has 1 aliphatic heterocycles. The molecular formula is C17H26Cl2N6. The highest BCUT2D eigenvalue weighted by atomic mass is 35.5. The molecule has 0 bridgehead atoms. The maximum absolute atomic E-state index is 6.30. The molecule has 0 radical (unpaired) electrons. The number of halogens is 2. The number of likely N-dealkylation sites (N-methyl/N-ethyl adjacent to an activating group) is 1. The van der Waals surface area contributed by atoms with Crippen molar-refractivity contribution in [3.8, 4) is 0 Å². The first-order chi connectivity index (χ1) is 11.6. The Balaban J connectivity index is 0.00000225. The monoisotopic (exact) mass is 384 g/mol. The summed E-state index contributed by atoms with van der Waals surface area (Å²) in [4.78, 5) is 9.34. The molecule has 2 aromatic heterocycles. The summed E-state index contributed by atoms with van der Waals surface area (Å²) in [6.45, 7) is 7.66. The van der Waals surface area contributed by atoms with Gasteiger partial charge in [0.25, 0.3) is 0 Å². The highest BCUT2D eigenvalue weighted by Gasteiger charge is 2.18. The zero-order valence-corrected chi connectivity index (χ0v) is 16.6. The van der Waals surface area contributed by atoms with Crippen LogP contribution in [0.5, 0.6) is 0 Å².